The van der Waals surface area contributed by atoms with Crippen LogP contribution in [0.5, 0.6) is 5.75 Å². The van der Waals surface area contributed by atoms with E-state index >= 15 is 0 Å². The molecule has 1 saturated heterocycles. The standard InChI is InChI=1S/C20H21N3O4S/c1-13(27-15-5-3-2-4-6-15)18(24)22-10-7-14(8-11-22)23-19(25)17-16(9-12-28-17)21-20(23)26/h2-6,9,12-14H,7-8,10-11H2,1H3,(H,21,26). The lowest BCUT2D eigenvalue weighted by Gasteiger charge is -2.33. The van der Waals surface area contributed by atoms with Gasteiger partial charge in [0.05, 0.1) is 5.52 Å². The number of aromatic amines is 1. The maximum absolute atomic E-state index is 12.7. The first-order chi connectivity index (χ1) is 13.5. The van der Waals surface area contributed by atoms with Crippen molar-refractivity contribution >= 4 is 27.5 Å². The van der Waals surface area contributed by atoms with Crippen molar-refractivity contribution < 1.29 is 9.53 Å². The Kier molecular flexibility index (Phi) is 5.04. The molecule has 0 saturated carbocycles. The fourth-order valence-electron chi connectivity index (χ4n) is 3.64. The maximum atomic E-state index is 12.7. The van der Waals surface area contributed by atoms with Crippen molar-refractivity contribution in [2.45, 2.75) is 31.9 Å². The zero-order valence-electron chi connectivity index (χ0n) is 15.5. The summed E-state index contributed by atoms with van der Waals surface area (Å²) in [6.45, 7) is 2.71. The van der Waals surface area contributed by atoms with Crippen LogP contribution in [0.1, 0.15) is 25.8 Å². The van der Waals surface area contributed by atoms with E-state index < -0.39 is 6.10 Å². The molecular formula is C20H21N3O4S. The molecule has 7 nitrogen and oxygen atoms in total. The molecule has 0 aliphatic carbocycles. The molecule has 1 atom stereocenters. The van der Waals surface area contributed by atoms with Crippen LogP contribution in [-0.4, -0.2) is 39.6 Å². The number of hydrogen-bond acceptors (Lipinski definition) is 5. The molecule has 4 rings (SSSR count). The Bertz CT molecular complexity index is 1090. The molecule has 0 bridgehead atoms. The minimum atomic E-state index is -0.590. The third-order valence-corrected chi connectivity index (χ3v) is 5.99. The molecule has 1 amide bonds. The summed E-state index contributed by atoms with van der Waals surface area (Å²) in [5.74, 6) is 0.567. The Morgan fingerprint density at radius 3 is 2.61 bits per heavy atom. The SMILES string of the molecule is CC(Oc1ccccc1)C(=O)N1CCC(n2c(=O)[nH]c3ccsc3c2=O)CC1. The molecule has 1 N–H and O–H groups in total. The third-order valence-electron chi connectivity index (χ3n) is 5.08. The molecule has 1 aromatic carbocycles. The van der Waals surface area contributed by atoms with E-state index in [-0.39, 0.29) is 23.2 Å². The van der Waals surface area contributed by atoms with Gasteiger partial charge in [0, 0.05) is 19.1 Å². The van der Waals surface area contributed by atoms with Crippen LogP contribution in [0.3, 0.4) is 0 Å². The highest BCUT2D eigenvalue weighted by Gasteiger charge is 2.29. The number of ether oxygens (including phenoxy) is 1. The van der Waals surface area contributed by atoms with Crippen molar-refractivity contribution in [1.29, 1.82) is 0 Å². The van der Waals surface area contributed by atoms with Gasteiger partial charge in [0.25, 0.3) is 11.5 Å². The lowest BCUT2D eigenvalue weighted by atomic mass is 10.0. The van der Waals surface area contributed by atoms with E-state index in [1.807, 2.05) is 30.3 Å². The van der Waals surface area contributed by atoms with Gasteiger partial charge in [-0.2, -0.15) is 0 Å². The number of carbonyl (C=O) groups excluding carboxylic acids is 1. The molecule has 28 heavy (non-hydrogen) atoms. The van der Waals surface area contributed by atoms with Gasteiger partial charge in [-0.25, -0.2) is 4.79 Å². The second-order valence-corrected chi connectivity index (χ2v) is 7.81. The monoisotopic (exact) mass is 399 g/mol. The number of piperidine rings is 1. The minimum absolute atomic E-state index is 0.0859. The number of nitrogens with one attached hydrogen (secondary N) is 1. The highest BCUT2D eigenvalue weighted by Crippen LogP contribution is 2.22. The van der Waals surface area contributed by atoms with Crippen molar-refractivity contribution in [2.24, 2.45) is 0 Å². The normalized spacial score (nSPS) is 16.2. The molecule has 0 radical (unpaired) electrons. The van der Waals surface area contributed by atoms with Crippen LogP contribution in [0, 0.1) is 0 Å². The fraction of sp³-hybridized carbons (Fsp3) is 0.350. The number of aromatic nitrogens is 2. The predicted molar refractivity (Wildman–Crippen MR) is 108 cm³/mol. The van der Waals surface area contributed by atoms with Crippen LogP contribution in [0.15, 0.2) is 51.4 Å². The number of thiophene rings is 1. The fourth-order valence-corrected chi connectivity index (χ4v) is 4.42. The van der Waals surface area contributed by atoms with Crippen LogP contribution in [0.2, 0.25) is 0 Å². The average molecular weight is 399 g/mol. The molecule has 146 valence electrons. The minimum Gasteiger partial charge on any atom is -0.481 e. The summed E-state index contributed by atoms with van der Waals surface area (Å²) in [6.07, 6.45) is 0.528. The Balaban J connectivity index is 1.44. The number of likely N-dealkylation sites (tertiary alicyclic amines) is 1. The molecule has 1 fully saturated rings. The molecule has 3 heterocycles. The van der Waals surface area contributed by atoms with Gasteiger partial charge in [-0.1, -0.05) is 18.2 Å². The summed E-state index contributed by atoms with van der Waals surface area (Å²) in [4.78, 5) is 42.3. The van der Waals surface area contributed by atoms with E-state index in [1.165, 1.54) is 15.9 Å². The molecule has 1 aliphatic heterocycles. The molecule has 0 spiro atoms. The van der Waals surface area contributed by atoms with Gasteiger partial charge in [-0.15, -0.1) is 11.3 Å². The zero-order valence-corrected chi connectivity index (χ0v) is 16.3. The van der Waals surface area contributed by atoms with E-state index in [0.29, 0.717) is 41.9 Å². The Morgan fingerprint density at radius 1 is 1.18 bits per heavy atom. The second kappa shape index (κ2) is 7.63. The van der Waals surface area contributed by atoms with Crippen LogP contribution in [0.4, 0.5) is 0 Å². The molecule has 1 aliphatic rings. The van der Waals surface area contributed by atoms with Gasteiger partial charge in [-0.3, -0.25) is 14.2 Å². The third kappa shape index (κ3) is 3.47. The number of rotatable bonds is 4. The predicted octanol–water partition coefficient (Wildman–Crippen LogP) is 2.38. The quantitative estimate of drug-likeness (QED) is 0.730. The Morgan fingerprint density at radius 2 is 1.89 bits per heavy atom. The van der Waals surface area contributed by atoms with Gasteiger partial charge in [0.2, 0.25) is 0 Å². The number of benzene rings is 1. The van der Waals surface area contributed by atoms with E-state index in [0.717, 1.165) is 0 Å². The molecule has 2 aromatic heterocycles. The summed E-state index contributed by atoms with van der Waals surface area (Å²) in [5.41, 5.74) is -0.0588. The number of para-hydroxylation sites is 1. The summed E-state index contributed by atoms with van der Waals surface area (Å²) < 4.78 is 7.59. The molecule has 3 aromatic rings. The number of hydrogen-bond donors (Lipinski definition) is 1. The van der Waals surface area contributed by atoms with Crippen molar-refractivity contribution in [3.63, 3.8) is 0 Å². The van der Waals surface area contributed by atoms with E-state index in [2.05, 4.69) is 4.98 Å². The summed E-state index contributed by atoms with van der Waals surface area (Å²) in [6, 6.07) is 10.8. The van der Waals surface area contributed by atoms with Gasteiger partial charge in [0.1, 0.15) is 10.4 Å². The maximum Gasteiger partial charge on any atom is 0.329 e. The number of H-pyrrole nitrogens is 1. The van der Waals surface area contributed by atoms with Gasteiger partial charge < -0.3 is 14.6 Å². The highest BCUT2D eigenvalue weighted by atomic mass is 32.1. The van der Waals surface area contributed by atoms with Crippen molar-refractivity contribution in [2.75, 3.05) is 13.1 Å². The lowest BCUT2D eigenvalue weighted by molar-refractivity contribution is -0.139. The van der Waals surface area contributed by atoms with E-state index in [9.17, 15) is 14.4 Å². The molecule has 1 unspecified atom stereocenters. The number of fused-ring (bicyclic) bond motifs is 1. The van der Waals surface area contributed by atoms with Crippen LogP contribution < -0.4 is 16.0 Å². The van der Waals surface area contributed by atoms with Gasteiger partial charge in [0.15, 0.2) is 6.10 Å². The summed E-state index contributed by atoms with van der Waals surface area (Å²) in [7, 11) is 0. The average Bonchev–Trinajstić information content (AvgIpc) is 3.17. The summed E-state index contributed by atoms with van der Waals surface area (Å²) in [5, 5.41) is 1.79. The number of nitrogens with zero attached hydrogens (tertiary/aromatic N) is 2. The van der Waals surface area contributed by atoms with Crippen molar-refractivity contribution in [3.05, 3.63) is 62.6 Å². The van der Waals surface area contributed by atoms with Gasteiger partial charge >= 0.3 is 5.69 Å². The van der Waals surface area contributed by atoms with Crippen LogP contribution >= 0.6 is 11.3 Å². The zero-order chi connectivity index (χ0) is 19.7. The molecular weight excluding hydrogens is 378 g/mol. The topological polar surface area (TPSA) is 84.4 Å². The Hall–Kier alpha value is -2.87. The highest BCUT2D eigenvalue weighted by molar-refractivity contribution is 7.17. The first-order valence-corrected chi connectivity index (χ1v) is 10.1. The smallest absolute Gasteiger partial charge is 0.329 e. The summed E-state index contributed by atoms with van der Waals surface area (Å²) >= 11 is 1.33. The van der Waals surface area contributed by atoms with Crippen molar-refractivity contribution in [3.8, 4) is 5.75 Å². The van der Waals surface area contributed by atoms with Crippen LogP contribution in [-0.2, 0) is 4.79 Å². The number of carbonyl (C=O) groups is 1. The van der Waals surface area contributed by atoms with Gasteiger partial charge in [-0.05, 0) is 43.3 Å². The van der Waals surface area contributed by atoms with E-state index in [1.54, 1.807) is 23.3 Å². The first-order valence-electron chi connectivity index (χ1n) is 9.27. The number of amides is 1. The second-order valence-electron chi connectivity index (χ2n) is 6.90. The largest absolute Gasteiger partial charge is 0.481 e. The van der Waals surface area contributed by atoms with E-state index in [4.69, 9.17) is 4.74 Å². The molecule has 8 heteroatoms. The Labute approximate surface area is 165 Å². The van der Waals surface area contributed by atoms with Crippen molar-refractivity contribution in [1.82, 2.24) is 14.5 Å². The first kappa shape index (κ1) is 18.5. The lowest BCUT2D eigenvalue weighted by Crippen LogP contribution is -2.47. The van der Waals surface area contributed by atoms with Crippen LogP contribution in [0.25, 0.3) is 10.2 Å².